The molecule has 0 amide bonds. The molecule has 1 saturated heterocycles. The number of rotatable bonds is 3. The van der Waals surface area contributed by atoms with Crippen LogP contribution in [-0.4, -0.2) is 36.1 Å². The number of carbonyl (C=O) groups is 1. The minimum Gasteiger partial charge on any atom is -0.478 e. The van der Waals surface area contributed by atoms with Crippen LogP contribution >= 0.6 is 0 Å². The van der Waals surface area contributed by atoms with Crippen molar-refractivity contribution in [2.45, 2.75) is 44.4 Å². The van der Waals surface area contributed by atoms with Crippen molar-refractivity contribution < 1.29 is 19.4 Å². The van der Waals surface area contributed by atoms with Crippen LogP contribution < -0.4 is 5.32 Å². The van der Waals surface area contributed by atoms with Crippen LogP contribution in [0.15, 0.2) is 18.2 Å². The number of carboxylic acid groups (broad SMARTS) is 1. The molecule has 2 N–H and O–H groups in total. The van der Waals surface area contributed by atoms with Gasteiger partial charge in [0.1, 0.15) is 0 Å². The zero-order chi connectivity index (χ0) is 14.9. The molecule has 0 radical (unpaired) electrons. The van der Waals surface area contributed by atoms with Crippen LogP contribution in [0.4, 0.5) is 5.69 Å². The first kappa shape index (κ1) is 14.4. The van der Waals surface area contributed by atoms with Gasteiger partial charge in [0.25, 0.3) is 0 Å². The van der Waals surface area contributed by atoms with Gasteiger partial charge in [-0.15, -0.1) is 0 Å². The van der Waals surface area contributed by atoms with E-state index in [2.05, 4.69) is 5.32 Å². The molecule has 0 unspecified atom stereocenters. The van der Waals surface area contributed by atoms with E-state index >= 15 is 0 Å². The molecule has 0 atom stereocenters. The highest BCUT2D eigenvalue weighted by molar-refractivity contribution is 5.88. The summed E-state index contributed by atoms with van der Waals surface area (Å²) in [5.41, 5.74) is 2.30. The highest BCUT2D eigenvalue weighted by Gasteiger charge is 2.40. The van der Waals surface area contributed by atoms with Gasteiger partial charge in [0.2, 0.25) is 0 Å². The summed E-state index contributed by atoms with van der Waals surface area (Å²) in [6, 6.07) is 5.59. The number of hydrogen-bond donors (Lipinski definition) is 2. The van der Waals surface area contributed by atoms with E-state index < -0.39 is 5.97 Å². The first-order valence-electron chi connectivity index (χ1n) is 7.46. The van der Waals surface area contributed by atoms with Crippen molar-refractivity contribution in [2.75, 3.05) is 18.5 Å². The van der Waals surface area contributed by atoms with Gasteiger partial charge in [-0.3, -0.25) is 0 Å². The molecule has 1 heterocycles. The topological polar surface area (TPSA) is 67.8 Å². The number of aromatic carboxylic acids is 1. The lowest BCUT2D eigenvalue weighted by atomic mass is 9.89. The molecule has 5 nitrogen and oxygen atoms in total. The summed E-state index contributed by atoms with van der Waals surface area (Å²) in [7, 11) is 0. The molecule has 2 aliphatic rings. The monoisotopic (exact) mass is 291 g/mol. The summed E-state index contributed by atoms with van der Waals surface area (Å²) in [4.78, 5) is 10.9. The molecule has 5 heteroatoms. The third kappa shape index (κ3) is 3.04. The molecular weight excluding hydrogens is 270 g/mol. The predicted molar refractivity (Wildman–Crippen MR) is 78.7 cm³/mol. The second-order valence-corrected chi connectivity index (χ2v) is 5.86. The predicted octanol–water partition coefficient (Wildman–Crippen LogP) is 2.79. The van der Waals surface area contributed by atoms with Gasteiger partial charge in [-0.25, -0.2) is 4.79 Å². The lowest BCUT2D eigenvalue weighted by Crippen LogP contribution is -2.39. The van der Waals surface area contributed by atoms with E-state index in [1.54, 1.807) is 12.1 Å². The fourth-order valence-corrected chi connectivity index (χ4v) is 3.17. The van der Waals surface area contributed by atoms with Gasteiger partial charge in [-0.05, 0) is 43.5 Å². The molecule has 0 bridgehead atoms. The largest absolute Gasteiger partial charge is 0.478 e. The smallest absolute Gasteiger partial charge is 0.335 e. The Morgan fingerprint density at radius 1 is 1.29 bits per heavy atom. The molecule has 114 valence electrons. The highest BCUT2D eigenvalue weighted by Crippen LogP contribution is 2.36. The van der Waals surface area contributed by atoms with Crippen molar-refractivity contribution in [3.05, 3.63) is 29.3 Å². The van der Waals surface area contributed by atoms with Crippen molar-refractivity contribution in [2.24, 2.45) is 0 Å². The van der Waals surface area contributed by atoms with Gasteiger partial charge in [0, 0.05) is 24.6 Å². The van der Waals surface area contributed by atoms with Crippen molar-refractivity contribution >= 4 is 11.7 Å². The molecule has 21 heavy (non-hydrogen) atoms. The minimum atomic E-state index is -0.889. The van der Waals surface area contributed by atoms with Gasteiger partial charge < -0.3 is 19.9 Å². The van der Waals surface area contributed by atoms with Crippen LogP contribution in [0.25, 0.3) is 0 Å². The van der Waals surface area contributed by atoms with E-state index in [1.165, 1.54) is 0 Å². The van der Waals surface area contributed by atoms with Crippen molar-refractivity contribution in [3.8, 4) is 0 Å². The number of hydrogen-bond acceptors (Lipinski definition) is 4. The van der Waals surface area contributed by atoms with Gasteiger partial charge in [0.05, 0.1) is 18.8 Å². The Balaban J connectivity index is 1.61. The number of nitrogens with one attached hydrogen (secondary N) is 1. The van der Waals surface area contributed by atoms with Crippen LogP contribution in [0.3, 0.4) is 0 Å². The number of aryl methyl sites for hydroxylation is 1. The summed E-state index contributed by atoms with van der Waals surface area (Å²) >= 11 is 0. The molecule has 1 aliphatic heterocycles. The highest BCUT2D eigenvalue weighted by atomic mass is 16.7. The number of anilines is 1. The molecule has 1 aliphatic carbocycles. The molecule has 1 spiro atoms. The van der Waals surface area contributed by atoms with Gasteiger partial charge in [0.15, 0.2) is 5.79 Å². The zero-order valence-electron chi connectivity index (χ0n) is 12.2. The summed E-state index contributed by atoms with van der Waals surface area (Å²) in [5, 5.41) is 12.5. The maximum atomic E-state index is 10.9. The molecule has 2 fully saturated rings. The number of ether oxygens (including phenoxy) is 2. The van der Waals surface area contributed by atoms with Crippen LogP contribution in [0, 0.1) is 6.92 Å². The minimum absolute atomic E-state index is 0.327. The number of carboxylic acids is 1. The Morgan fingerprint density at radius 3 is 2.52 bits per heavy atom. The fourth-order valence-electron chi connectivity index (χ4n) is 3.17. The standard InChI is InChI=1S/C16H21NO4/c1-11-10-12(15(18)19)2-3-14(11)17-13-4-6-16(7-5-13)20-8-9-21-16/h2-3,10,13,17H,4-9H2,1H3,(H,18,19). The average Bonchev–Trinajstić information content (AvgIpc) is 2.92. The van der Waals surface area contributed by atoms with Crippen LogP contribution in [0.1, 0.15) is 41.6 Å². The quantitative estimate of drug-likeness (QED) is 0.896. The fraction of sp³-hybridized carbons (Fsp3) is 0.562. The molecule has 1 saturated carbocycles. The first-order valence-corrected chi connectivity index (χ1v) is 7.46. The van der Waals surface area contributed by atoms with E-state index in [0.717, 1.165) is 36.9 Å². The van der Waals surface area contributed by atoms with Crippen LogP contribution in [-0.2, 0) is 9.47 Å². The Hall–Kier alpha value is -1.59. The average molecular weight is 291 g/mol. The summed E-state index contributed by atoms with van der Waals surface area (Å²) in [5.74, 6) is -1.22. The maximum absolute atomic E-state index is 10.9. The SMILES string of the molecule is Cc1cc(C(=O)O)ccc1NC1CCC2(CC1)OCCO2. The molecule has 0 aromatic heterocycles. The molecule has 1 aromatic carbocycles. The van der Waals surface area contributed by atoms with Crippen LogP contribution in [0.5, 0.6) is 0 Å². The normalized spacial score (nSPS) is 21.6. The Labute approximate surface area is 124 Å². The zero-order valence-corrected chi connectivity index (χ0v) is 12.2. The third-order valence-corrected chi connectivity index (χ3v) is 4.39. The Morgan fingerprint density at radius 2 is 1.95 bits per heavy atom. The van der Waals surface area contributed by atoms with E-state index in [1.807, 2.05) is 13.0 Å². The second-order valence-electron chi connectivity index (χ2n) is 5.86. The molecular formula is C16H21NO4. The van der Waals surface area contributed by atoms with Gasteiger partial charge >= 0.3 is 5.97 Å². The van der Waals surface area contributed by atoms with Crippen molar-refractivity contribution in [1.82, 2.24) is 0 Å². The first-order chi connectivity index (χ1) is 10.1. The van der Waals surface area contributed by atoms with Crippen molar-refractivity contribution in [3.63, 3.8) is 0 Å². The summed E-state index contributed by atoms with van der Waals surface area (Å²) in [6.07, 6.45) is 3.83. The second kappa shape index (κ2) is 5.66. The third-order valence-electron chi connectivity index (χ3n) is 4.39. The van der Waals surface area contributed by atoms with E-state index in [9.17, 15) is 4.79 Å². The molecule has 3 rings (SSSR count). The van der Waals surface area contributed by atoms with E-state index in [4.69, 9.17) is 14.6 Å². The Bertz CT molecular complexity index is 527. The van der Waals surface area contributed by atoms with Crippen LogP contribution in [0.2, 0.25) is 0 Å². The summed E-state index contributed by atoms with van der Waals surface area (Å²) < 4.78 is 11.5. The maximum Gasteiger partial charge on any atom is 0.335 e. The van der Waals surface area contributed by atoms with Crippen molar-refractivity contribution in [1.29, 1.82) is 0 Å². The summed E-state index contributed by atoms with van der Waals surface area (Å²) in [6.45, 7) is 3.34. The lowest BCUT2D eigenvalue weighted by Gasteiger charge is -2.36. The van der Waals surface area contributed by atoms with E-state index in [0.29, 0.717) is 24.8 Å². The van der Waals surface area contributed by atoms with Gasteiger partial charge in [-0.1, -0.05) is 0 Å². The van der Waals surface area contributed by atoms with E-state index in [-0.39, 0.29) is 5.79 Å². The number of benzene rings is 1. The Kier molecular flexibility index (Phi) is 3.87. The van der Waals surface area contributed by atoms with Gasteiger partial charge in [-0.2, -0.15) is 0 Å². The lowest BCUT2D eigenvalue weighted by molar-refractivity contribution is -0.177. The molecule has 1 aromatic rings.